The minimum Gasteiger partial charge on any atom is -0.389 e. The van der Waals surface area contributed by atoms with E-state index in [1.165, 1.54) is 5.56 Å². The minimum atomic E-state index is -0.747. The van der Waals surface area contributed by atoms with E-state index in [9.17, 15) is 9.50 Å². The summed E-state index contributed by atoms with van der Waals surface area (Å²) >= 11 is 0. The Hall–Kier alpha value is -1.09. The molecule has 0 bridgehead atoms. The van der Waals surface area contributed by atoms with Crippen molar-refractivity contribution in [3.63, 3.8) is 0 Å². The van der Waals surface area contributed by atoms with Gasteiger partial charge in [0.05, 0.1) is 5.60 Å². The van der Waals surface area contributed by atoms with Crippen LogP contribution in [0.15, 0.2) is 12.1 Å². The van der Waals surface area contributed by atoms with E-state index in [1.54, 1.807) is 26.8 Å². The molecule has 0 saturated heterocycles. The van der Waals surface area contributed by atoms with Gasteiger partial charge in [0, 0.05) is 18.8 Å². The van der Waals surface area contributed by atoms with Gasteiger partial charge in [0.2, 0.25) is 0 Å². The number of aliphatic hydroxyl groups is 1. The molecular weight excluding hydrogens is 205 g/mol. The van der Waals surface area contributed by atoms with Crippen molar-refractivity contribution in [1.29, 1.82) is 0 Å². The van der Waals surface area contributed by atoms with Crippen LogP contribution in [-0.4, -0.2) is 23.8 Å². The molecule has 2 nitrogen and oxygen atoms in total. The average molecular weight is 223 g/mol. The topological polar surface area (TPSA) is 23.5 Å². The van der Waals surface area contributed by atoms with Crippen molar-refractivity contribution in [2.45, 2.75) is 32.8 Å². The first kappa shape index (κ1) is 11.4. The van der Waals surface area contributed by atoms with Gasteiger partial charge in [-0.25, -0.2) is 4.39 Å². The van der Waals surface area contributed by atoms with Gasteiger partial charge in [-0.3, -0.25) is 0 Å². The Morgan fingerprint density at radius 3 is 2.75 bits per heavy atom. The number of halogens is 1. The average Bonchev–Trinajstić information content (AvgIpc) is 2.47. The molecule has 1 aliphatic rings. The lowest BCUT2D eigenvalue weighted by molar-refractivity contribution is 0.0878. The molecule has 0 aliphatic carbocycles. The zero-order chi connectivity index (χ0) is 11.9. The van der Waals surface area contributed by atoms with Crippen molar-refractivity contribution >= 4 is 5.69 Å². The molecule has 1 aromatic carbocycles. The van der Waals surface area contributed by atoms with E-state index >= 15 is 0 Å². The lowest BCUT2D eigenvalue weighted by Gasteiger charge is -2.27. The maximum absolute atomic E-state index is 13.5. The smallest absolute Gasteiger partial charge is 0.128 e. The van der Waals surface area contributed by atoms with Gasteiger partial charge in [0.15, 0.2) is 0 Å². The van der Waals surface area contributed by atoms with Crippen molar-refractivity contribution in [2.24, 2.45) is 0 Å². The number of fused-ring (bicyclic) bond motifs is 1. The first-order valence-electron chi connectivity index (χ1n) is 5.63. The Balaban J connectivity index is 2.29. The summed E-state index contributed by atoms with van der Waals surface area (Å²) in [4.78, 5) is 2.05. The number of nitrogens with zero attached hydrogens (tertiary/aromatic N) is 1. The second kappa shape index (κ2) is 3.74. The summed E-state index contributed by atoms with van der Waals surface area (Å²) in [5, 5.41) is 9.79. The van der Waals surface area contributed by atoms with Crippen LogP contribution in [0.4, 0.5) is 10.1 Å². The number of hydrogen-bond acceptors (Lipinski definition) is 2. The molecule has 0 atom stereocenters. The van der Waals surface area contributed by atoms with E-state index < -0.39 is 5.60 Å². The highest BCUT2D eigenvalue weighted by molar-refractivity contribution is 5.59. The monoisotopic (exact) mass is 223 g/mol. The molecule has 1 N–H and O–H groups in total. The van der Waals surface area contributed by atoms with Crippen LogP contribution < -0.4 is 4.90 Å². The number of aryl methyl sites for hydroxylation is 1. The predicted octanol–water partition coefficient (Wildman–Crippen LogP) is 2.27. The van der Waals surface area contributed by atoms with Gasteiger partial charge in [-0.1, -0.05) is 6.07 Å². The zero-order valence-corrected chi connectivity index (χ0v) is 10.0. The lowest BCUT2D eigenvalue weighted by atomic mass is 10.1. The molecule has 88 valence electrons. The number of β-amino-alcohol motifs (C(OH)–C–C–N with tert-alkyl or cyclic N) is 1. The number of anilines is 1. The summed E-state index contributed by atoms with van der Waals surface area (Å²) in [7, 11) is 0. The van der Waals surface area contributed by atoms with Crippen molar-refractivity contribution in [3.05, 3.63) is 29.1 Å². The molecule has 16 heavy (non-hydrogen) atoms. The fourth-order valence-corrected chi connectivity index (χ4v) is 2.23. The summed E-state index contributed by atoms with van der Waals surface area (Å²) in [6.45, 7) is 6.74. The second-order valence-electron chi connectivity index (χ2n) is 5.21. The molecule has 1 heterocycles. The Bertz CT molecular complexity index is 409. The van der Waals surface area contributed by atoms with E-state index in [0.717, 1.165) is 18.7 Å². The third-order valence-corrected chi connectivity index (χ3v) is 2.93. The van der Waals surface area contributed by atoms with Crippen molar-refractivity contribution < 1.29 is 9.50 Å². The highest BCUT2D eigenvalue weighted by Crippen LogP contribution is 2.31. The number of benzene rings is 1. The molecule has 3 heteroatoms. The molecule has 0 fully saturated rings. The van der Waals surface area contributed by atoms with Crippen LogP contribution in [0.5, 0.6) is 0 Å². The van der Waals surface area contributed by atoms with Crippen molar-refractivity contribution in [1.82, 2.24) is 0 Å². The summed E-state index contributed by atoms with van der Waals surface area (Å²) in [5.74, 6) is -0.165. The van der Waals surface area contributed by atoms with Crippen molar-refractivity contribution in [3.8, 4) is 0 Å². The Labute approximate surface area is 95.7 Å². The largest absolute Gasteiger partial charge is 0.389 e. The van der Waals surface area contributed by atoms with E-state index in [1.807, 2.05) is 6.07 Å². The minimum absolute atomic E-state index is 0.165. The third kappa shape index (κ3) is 2.19. The Morgan fingerprint density at radius 1 is 1.44 bits per heavy atom. The van der Waals surface area contributed by atoms with Crippen LogP contribution in [0.2, 0.25) is 0 Å². The first-order valence-corrected chi connectivity index (χ1v) is 5.63. The summed E-state index contributed by atoms with van der Waals surface area (Å²) in [6, 6.07) is 3.50. The van der Waals surface area contributed by atoms with Gasteiger partial charge in [0.25, 0.3) is 0 Å². The van der Waals surface area contributed by atoms with Gasteiger partial charge < -0.3 is 10.0 Å². The van der Waals surface area contributed by atoms with Crippen LogP contribution >= 0.6 is 0 Å². The van der Waals surface area contributed by atoms with Gasteiger partial charge in [-0.2, -0.15) is 0 Å². The zero-order valence-electron chi connectivity index (χ0n) is 10.0. The predicted molar refractivity (Wildman–Crippen MR) is 63.4 cm³/mol. The highest BCUT2D eigenvalue weighted by atomic mass is 19.1. The fraction of sp³-hybridized carbons (Fsp3) is 0.538. The quantitative estimate of drug-likeness (QED) is 0.831. The molecule has 0 unspecified atom stereocenters. The molecule has 0 saturated carbocycles. The van der Waals surface area contributed by atoms with E-state index in [2.05, 4.69) is 4.90 Å². The fourth-order valence-electron chi connectivity index (χ4n) is 2.23. The summed E-state index contributed by atoms with van der Waals surface area (Å²) in [6.07, 6.45) is 0.937. The van der Waals surface area contributed by atoms with Crippen LogP contribution in [0.25, 0.3) is 0 Å². The van der Waals surface area contributed by atoms with Gasteiger partial charge in [0.1, 0.15) is 5.82 Å². The summed E-state index contributed by atoms with van der Waals surface area (Å²) in [5.41, 5.74) is 2.07. The molecule has 0 aromatic heterocycles. The van der Waals surface area contributed by atoms with Gasteiger partial charge in [-0.05, 0) is 44.4 Å². The van der Waals surface area contributed by atoms with Crippen LogP contribution in [-0.2, 0) is 6.42 Å². The molecular formula is C13H18FNO. The molecule has 0 spiro atoms. The molecule has 0 radical (unpaired) electrons. The third-order valence-electron chi connectivity index (χ3n) is 2.93. The molecule has 1 aliphatic heterocycles. The Kier molecular flexibility index (Phi) is 2.66. The van der Waals surface area contributed by atoms with Gasteiger partial charge in [-0.15, -0.1) is 0 Å². The molecule has 2 rings (SSSR count). The van der Waals surface area contributed by atoms with E-state index in [4.69, 9.17) is 0 Å². The number of hydrogen-bond donors (Lipinski definition) is 1. The van der Waals surface area contributed by atoms with Crippen LogP contribution in [0.3, 0.4) is 0 Å². The molecule has 1 aromatic rings. The standard InChI is InChI=1S/C13H18FNO/c1-9-6-10-4-5-15(8-13(2,3)16)12(10)7-11(9)14/h6-7,16H,4-5,8H2,1-3H3. The lowest BCUT2D eigenvalue weighted by Crippen LogP contribution is -2.37. The Morgan fingerprint density at radius 2 is 2.12 bits per heavy atom. The maximum atomic E-state index is 13.5. The van der Waals surface area contributed by atoms with E-state index in [-0.39, 0.29) is 5.82 Å². The van der Waals surface area contributed by atoms with E-state index in [0.29, 0.717) is 12.1 Å². The highest BCUT2D eigenvalue weighted by Gasteiger charge is 2.25. The normalized spacial score (nSPS) is 15.4. The maximum Gasteiger partial charge on any atom is 0.128 e. The van der Waals surface area contributed by atoms with Crippen LogP contribution in [0, 0.1) is 12.7 Å². The van der Waals surface area contributed by atoms with Crippen molar-refractivity contribution in [2.75, 3.05) is 18.0 Å². The van der Waals surface area contributed by atoms with Gasteiger partial charge >= 0.3 is 0 Å². The number of rotatable bonds is 2. The SMILES string of the molecule is Cc1cc2c(cc1F)N(CC(C)(C)O)CC2. The first-order chi connectivity index (χ1) is 7.37. The molecule has 0 amide bonds. The second-order valence-corrected chi connectivity index (χ2v) is 5.21. The summed E-state index contributed by atoms with van der Waals surface area (Å²) < 4.78 is 13.5. The van der Waals surface area contributed by atoms with Crippen LogP contribution in [0.1, 0.15) is 25.0 Å².